The number of nitrogens with one attached hydrogen (secondary N) is 2. The zero-order valence-corrected chi connectivity index (χ0v) is 12.4. The molecule has 21 heavy (non-hydrogen) atoms. The molecule has 0 aliphatic carbocycles. The van der Waals surface area contributed by atoms with E-state index in [0.717, 1.165) is 11.0 Å². The summed E-state index contributed by atoms with van der Waals surface area (Å²) in [5.41, 5.74) is 2.14. The average Bonchev–Trinajstić information content (AvgIpc) is 2.90. The molecule has 0 aliphatic rings. The Hall–Kier alpha value is -2.04. The van der Waals surface area contributed by atoms with E-state index in [2.05, 4.69) is 15.3 Å². The highest BCUT2D eigenvalue weighted by Crippen LogP contribution is 2.20. The first-order valence-corrected chi connectivity index (χ1v) is 7.06. The lowest BCUT2D eigenvalue weighted by Crippen LogP contribution is -2.23. The second-order valence-corrected chi connectivity index (χ2v) is 5.35. The van der Waals surface area contributed by atoms with Crippen molar-refractivity contribution in [2.75, 3.05) is 0 Å². The summed E-state index contributed by atoms with van der Waals surface area (Å²) in [5, 5.41) is 3.60. The third kappa shape index (κ3) is 3.01. The minimum absolute atomic E-state index is 0.288. The summed E-state index contributed by atoms with van der Waals surface area (Å²) in [6, 6.07) is 12.5. The highest BCUT2D eigenvalue weighted by molar-refractivity contribution is 6.35. The number of benzene rings is 2. The molecule has 3 rings (SSSR count). The maximum atomic E-state index is 12.1. The summed E-state index contributed by atoms with van der Waals surface area (Å²) in [6.45, 7) is 0.288. The molecule has 3 aromatic rings. The Morgan fingerprint density at radius 2 is 2.00 bits per heavy atom. The van der Waals surface area contributed by atoms with Crippen molar-refractivity contribution in [3.8, 4) is 0 Å². The topological polar surface area (TPSA) is 57.8 Å². The van der Waals surface area contributed by atoms with Gasteiger partial charge >= 0.3 is 0 Å². The number of nitrogens with zero attached hydrogens (tertiary/aromatic N) is 1. The lowest BCUT2D eigenvalue weighted by molar-refractivity contribution is 0.0950. The van der Waals surface area contributed by atoms with E-state index >= 15 is 0 Å². The summed E-state index contributed by atoms with van der Waals surface area (Å²) in [4.78, 5) is 19.6. The Morgan fingerprint density at radius 3 is 2.81 bits per heavy atom. The van der Waals surface area contributed by atoms with Crippen LogP contribution in [0.25, 0.3) is 11.0 Å². The van der Waals surface area contributed by atoms with Gasteiger partial charge in [-0.05, 0) is 30.3 Å². The van der Waals surface area contributed by atoms with Crippen molar-refractivity contribution in [2.45, 2.75) is 6.54 Å². The molecule has 2 aromatic carbocycles. The third-order valence-corrected chi connectivity index (χ3v) is 3.59. The van der Waals surface area contributed by atoms with Crippen LogP contribution in [0.2, 0.25) is 10.0 Å². The highest BCUT2D eigenvalue weighted by atomic mass is 35.5. The molecule has 0 unspecified atom stereocenters. The quantitative estimate of drug-likeness (QED) is 0.771. The van der Waals surface area contributed by atoms with E-state index in [1.807, 2.05) is 24.3 Å². The molecule has 106 valence electrons. The molecule has 0 spiro atoms. The monoisotopic (exact) mass is 319 g/mol. The van der Waals surface area contributed by atoms with Gasteiger partial charge in [-0.3, -0.25) is 4.79 Å². The summed E-state index contributed by atoms with van der Waals surface area (Å²) < 4.78 is 0. The maximum Gasteiger partial charge on any atom is 0.253 e. The molecule has 1 heterocycles. The van der Waals surface area contributed by atoms with Gasteiger partial charge in [-0.1, -0.05) is 35.3 Å². The number of rotatable bonds is 3. The molecule has 1 amide bonds. The van der Waals surface area contributed by atoms with E-state index in [1.165, 1.54) is 6.07 Å². The van der Waals surface area contributed by atoms with E-state index in [4.69, 9.17) is 23.2 Å². The first-order chi connectivity index (χ1) is 10.1. The minimum atomic E-state index is -0.289. The molecule has 4 nitrogen and oxygen atoms in total. The van der Waals surface area contributed by atoms with Crippen molar-refractivity contribution in [2.24, 2.45) is 0 Å². The number of aromatic nitrogens is 2. The molecule has 6 heteroatoms. The highest BCUT2D eigenvalue weighted by Gasteiger charge is 2.11. The number of amides is 1. The normalized spacial score (nSPS) is 10.8. The van der Waals surface area contributed by atoms with Gasteiger partial charge in [0.25, 0.3) is 5.91 Å². The van der Waals surface area contributed by atoms with Crippen LogP contribution in [0, 0.1) is 0 Å². The van der Waals surface area contributed by atoms with Crippen molar-refractivity contribution >= 4 is 40.1 Å². The summed E-state index contributed by atoms with van der Waals surface area (Å²) in [7, 11) is 0. The second-order valence-electron chi connectivity index (χ2n) is 4.51. The Balaban J connectivity index is 1.74. The fourth-order valence-corrected chi connectivity index (χ4v) is 2.40. The van der Waals surface area contributed by atoms with Gasteiger partial charge in [-0.25, -0.2) is 4.98 Å². The average molecular weight is 320 g/mol. The summed E-state index contributed by atoms with van der Waals surface area (Å²) in [6.07, 6.45) is 0. The number of fused-ring (bicyclic) bond motifs is 1. The van der Waals surface area contributed by atoms with Crippen molar-refractivity contribution in [1.82, 2.24) is 15.3 Å². The fourth-order valence-electron chi connectivity index (χ4n) is 2.02. The number of aromatic amines is 1. The van der Waals surface area contributed by atoms with Crippen molar-refractivity contribution in [3.05, 3.63) is 63.9 Å². The standard InChI is InChI=1S/C15H11Cl2N3O/c16-9-5-6-11(17)10(7-9)15(21)18-8-14-19-12-3-1-2-4-13(12)20-14/h1-7H,8H2,(H,18,21)(H,19,20). The van der Waals surface area contributed by atoms with E-state index < -0.39 is 0 Å². The van der Waals surface area contributed by atoms with Gasteiger partial charge in [0.2, 0.25) is 0 Å². The van der Waals surface area contributed by atoms with Crippen LogP contribution < -0.4 is 5.32 Å². The fraction of sp³-hybridized carbons (Fsp3) is 0.0667. The van der Waals surface area contributed by atoms with E-state index in [9.17, 15) is 4.79 Å². The van der Waals surface area contributed by atoms with Gasteiger partial charge in [0.15, 0.2) is 0 Å². The predicted octanol–water partition coefficient (Wildman–Crippen LogP) is 3.80. The smallest absolute Gasteiger partial charge is 0.253 e. The Kier molecular flexibility index (Phi) is 3.82. The van der Waals surface area contributed by atoms with Crippen molar-refractivity contribution in [3.63, 3.8) is 0 Å². The maximum absolute atomic E-state index is 12.1. The number of carbonyl (C=O) groups is 1. The van der Waals surface area contributed by atoms with Crippen LogP contribution in [0.3, 0.4) is 0 Å². The van der Waals surface area contributed by atoms with E-state index in [-0.39, 0.29) is 12.5 Å². The van der Waals surface area contributed by atoms with Gasteiger partial charge in [-0.15, -0.1) is 0 Å². The number of H-pyrrole nitrogens is 1. The van der Waals surface area contributed by atoms with Crippen LogP contribution >= 0.6 is 23.2 Å². The molecule has 0 radical (unpaired) electrons. The van der Waals surface area contributed by atoms with Crippen LogP contribution in [0.15, 0.2) is 42.5 Å². The molecule has 0 bridgehead atoms. The number of imidazole rings is 1. The molecular formula is C15H11Cl2N3O. The lowest BCUT2D eigenvalue weighted by atomic mass is 10.2. The molecule has 1 aromatic heterocycles. The summed E-state index contributed by atoms with van der Waals surface area (Å²) >= 11 is 11.9. The largest absolute Gasteiger partial charge is 0.345 e. The van der Waals surface area contributed by atoms with Crippen molar-refractivity contribution in [1.29, 1.82) is 0 Å². The third-order valence-electron chi connectivity index (χ3n) is 3.03. The predicted molar refractivity (Wildman–Crippen MR) is 83.7 cm³/mol. The number of hydrogen-bond acceptors (Lipinski definition) is 2. The van der Waals surface area contributed by atoms with Crippen LogP contribution in [-0.2, 0) is 6.54 Å². The summed E-state index contributed by atoms with van der Waals surface area (Å²) in [5.74, 6) is 0.394. The molecule has 0 atom stereocenters. The molecule has 0 aliphatic heterocycles. The Bertz CT molecular complexity index is 781. The first kappa shape index (κ1) is 13.9. The number of carbonyl (C=O) groups excluding carboxylic acids is 1. The van der Waals surface area contributed by atoms with Crippen LogP contribution in [0.5, 0.6) is 0 Å². The molecule has 0 fully saturated rings. The Morgan fingerprint density at radius 1 is 1.19 bits per heavy atom. The number of para-hydroxylation sites is 2. The molecular weight excluding hydrogens is 309 g/mol. The number of halogens is 2. The van der Waals surface area contributed by atoms with Crippen molar-refractivity contribution < 1.29 is 4.79 Å². The Labute approximate surface area is 131 Å². The van der Waals surface area contributed by atoms with Gasteiger partial charge < -0.3 is 10.3 Å². The van der Waals surface area contributed by atoms with Gasteiger partial charge in [-0.2, -0.15) is 0 Å². The zero-order chi connectivity index (χ0) is 14.8. The second kappa shape index (κ2) is 5.76. The first-order valence-electron chi connectivity index (χ1n) is 6.30. The van der Waals surface area contributed by atoms with Gasteiger partial charge in [0.1, 0.15) is 5.82 Å². The minimum Gasteiger partial charge on any atom is -0.345 e. The molecule has 0 saturated carbocycles. The van der Waals surface area contributed by atoms with Crippen LogP contribution in [-0.4, -0.2) is 15.9 Å². The lowest BCUT2D eigenvalue weighted by Gasteiger charge is -2.05. The SMILES string of the molecule is O=C(NCc1nc2ccccc2[nH]1)c1cc(Cl)ccc1Cl. The van der Waals surface area contributed by atoms with E-state index in [1.54, 1.807) is 12.1 Å². The van der Waals surface area contributed by atoms with Crippen LogP contribution in [0.1, 0.15) is 16.2 Å². The zero-order valence-electron chi connectivity index (χ0n) is 10.9. The number of hydrogen-bond donors (Lipinski definition) is 2. The van der Waals surface area contributed by atoms with Gasteiger partial charge in [0.05, 0.1) is 28.2 Å². The van der Waals surface area contributed by atoms with Crippen LogP contribution in [0.4, 0.5) is 0 Å². The molecule has 0 saturated heterocycles. The van der Waals surface area contributed by atoms with E-state index in [0.29, 0.717) is 21.4 Å². The molecule has 2 N–H and O–H groups in total. The van der Waals surface area contributed by atoms with Gasteiger partial charge in [0, 0.05) is 5.02 Å².